The Balaban J connectivity index is 2.73. The number of benzene rings is 1. The molecule has 0 aliphatic carbocycles. The molecule has 1 unspecified atom stereocenters. The number of rotatable bonds is 8. The van der Waals surface area contributed by atoms with Gasteiger partial charge in [-0.15, -0.1) is 0 Å². The summed E-state index contributed by atoms with van der Waals surface area (Å²) in [6, 6.07) is 6.28. The first kappa shape index (κ1) is 17.9. The van der Waals surface area contributed by atoms with Gasteiger partial charge in [0.05, 0.1) is 10.6 Å². The molecule has 116 valence electrons. The van der Waals surface area contributed by atoms with Gasteiger partial charge in [-0.1, -0.05) is 30.7 Å². The molecule has 0 saturated heterocycles. The highest BCUT2D eigenvalue weighted by atomic mass is 35.5. The molecule has 1 aromatic rings. The van der Waals surface area contributed by atoms with Crippen molar-refractivity contribution < 1.29 is 9.59 Å². The van der Waals surface area contributed by atoms with E-state index in [-0.39, 0.29) is 11.8 Å². The second kappa shape index (κ2) is 9.68. The van der Waals surface area contributed by atoms with E-state index in [2.05, 4.69) is 10.6 Å². The highest BCUT2D eigenvalue weighted by Crippen LogP contribution is 2.15. The van der Waals surface area contributed by atoms with Crippen LogP contribution in [0.1, 0.15) is 30.1 Å². The molecule has 6 heteroatoms. The second-order valence-corrected chi connectivity index (χ2v) is 5.97. The van der Waals surface area contributed by atoms with E-state index in [4.69, 9.17) is 11.6 Å². The molecule has 2 N–H and O–H groups in total. The van der Waals surface area contributed by atoms with E-state index in [1.54, 1.807) is 36.0 Å². The average Bonchev–Trinajstić information content (AvgIpc) is 2.49. The molecular weight excluding hydrogens is 308 g/mol. The first-order chi connectivity index (χ1) is 10.1. The van der Waals surface area contributed by atoms with E-state index < -0.39 is 6.04 Å². The van der Waals surface area contributed by atoms with Gasteiger partial charge in [-0.2, -0.15) is 11.8 Å². The Kier molecular flexibility index (Phi) is 8.23. The van der Waals surface area contributed by atoms with E-state index in [0.29, 0.717) is 23.6 Å². The highest BCUT2D eigenvalue weighted by Gasteiger charge is 2.21. The SMILES string of the molecule is CCCNC(=O)C(CCSC)NC(=O)c1ccccc1Cl. The minimum Gasteiger partial charge on any atom is -0.354 e. The molecular formula is C15H21ClN2O2S. The van der Waals surface area contributed by atoms with Crippen LogP contribution >= 0.6 is 23.4 Å². The van der Waals surface area contributed by atoms with Crippen molar-refractivity contribution in [1.29, 1.82) is 0 Å². The maximum absolute atomic E-state index is 12.2. The number of carbonyl (C=O) groups excluding carboxylic acids is 2. The standard InChI is InChI=1S/C15H21ClN2O2S/c1-3-9-17-15(20)13(8-10-21-2)18-14(19)11-6-4-5-7-12(11)16/h4-7,13H,3,8-10H2,1-2H3,(H,17,20)(H,18,19). The van der Waals surface area contributed by atoms with Crippen molar-refractivity contribution in [3.8, 4) is 0 Å². The molecule has 0 saturated carbocycles. The smallest absolute Gasteiger partial charge is 0.253 e. The number of hydrogen-bond donors (Lipinski definition) is 2. The molecule has 0 radical (unpaired) electrons. The van der Waals surface area contributed by atoms with Gasteiger partial charge in [-0.05, 0) is 37.0 Å². The number of amides is 2. The van der Waals surface area contributed by atoms with Crippen LogP contribution in [0.2, 0.25) is 5.02 Å². The van der Waals surface area contributed by atoms with Gasteiger partial charge in [0.2, 0.25) is 5.91 Å². The Morgan fingerprint density at radius 3 is 2.67 bits per heavy atom. The predicted molar refractivity (Wildman–Crippen MR) is 89.0 cm³/mol. The molecule has 0 fully saturated rings. The quantitative estimate of drug-likeness (QED) is 0.771. The summed E-state index contributed by atoms with van der Waals surface area (Å²) in [6.07, 6.45) is 3.42. The van der Waals surface area contributed by atoms with Gasteiger partial charge in [-0.25, -0.2) is 0 Å². The fraction of sp³-hybridized carbons (Fsp3) is 0.467. The fourth-order valence-corrected chi connectivity index (χ4v) is 2.45. The molecule has 2 amide bonds. The molecule has 0 aromatic heterocycles. The third-order valence-corrected chi connectivity index (χ3v) is 3.87. The van der Waals surface area contributed by atoms with E-state index >= 15 is 0 Å². The van der Waals surface area contributed by atoms with Gasteiger partial charge in [-0.3, -0.25) is 9.59 Å². The van der Waals surface area contributed by atoms with E-state index in [1.165, 1.54) is 0 Å². The van der Waals surface area contributed by atoms with Gasteiger partial charge in [0.1, 0.15) is 6.04 Å². The van der Waals surface area contributed by atoms with Gasteiger partial charge in [0.25, 0.3) is 5.91 Å². The third kappa shape index (κ3) is 5.98. The summed E-state index contributed by atoms with van der Waals surface area (Å²) in [4.78, 5) is 24.3. The van der Waals surface area contributed by atoms with Crippen molar-refractivity contribution in [3.63, 3.8) is 0 Å². The van der Waals surface area contributed by atoms with Crippen LogP contribution in [-0.4, -0.2) is 36.4 Å². The lowest BCUT2D eigenvalue weighted by Crippen LogP contribution is -2.47. The monoisotopic (exact) mass is 328 g/mol. The Hall–Kier alpha value is -1.20. The minimum atomic E-state index is -0.534. The zero-order valence-corrected chi connectivity index (χ0v) is 13.9. The van der Waals surface area contributed by atoms with Crippen molar-refractivity contribution in [2.45, 2.75) is 25.8 Å². The minimum absolute atomic E-state index is 0.147. The van der Waals surface area contributed by atoms with E-state index in [9.17, 15) is 9.59 Å². The topological polar surface area (TPSA) is 58.2 Å². The van der Waals surface area contributed by atoms with Crippen LogP contribution in [0.5, 0.6) is 0 Å². The summed E-state index contributed by atoms with van der Waals surface area (Å²) in [6.45, 7) is 2.59. The van der Waals surface area contributed by atoms with E-state index in [1.807, 2.05) is 13.2 Å². The van der Waals surface area contributed by atoms with Crippen LogP contribution in [0.15, 0.2) is 24.3 Å². The molecule has 0 spiro atoms. The average molecular weight is 329 g/mol. The zero-order valence-electron chi connectivity index (χ0n) is 12.3. The Morgan fingerprint density at radius 2 is 2.05 bits per heavy atom. The summed E-state index contributed by atoms with van der Waals surface area (Å²) >= 11 is 7.64. The Bertz CT molecular complexity index is 482. The first-order valence-electron chi connectivity index (χ1n) is 6.92. The maximum atomic E-state index is 12.2. The van der Waals surface area contributed by atoms with Crippen molar-refractivity contribution in [3.05, 3.63) is 34.9 Å². The van der Waals surface area contributed by atoms with Crippen molar-refractivity contribution in [1.82, 2.24) is 10.6 Å². The van der Waals surface area contributed by atoms with Crippen molar-refractivity contribution >= 4 is 35.2 Å². The number of halogens is 1. The Labute approximate surface area is 135 Å². The van der Waals surface area contributed by atoms with Gasteiger partial charge in [0.15, 0.2) is 0 Å². The van der Waals surface area contributed by atoms with Gasteiger partial charge >= 0.3 is 0 Å². The van der Waals surface area contributed by atoms with Crippen LogP contribution in [0, 0.1) is 0 Å². The summed E-state index contributed by atoms with van der Waals surface area (Å²) in [5.74, 6) is 0.331. The Morgan fingerprint density at radius 1 is 1.33 bits per heavy atom. The summed E-state index contributed by atoms with van der Waals surface area (Å²) in [5, 5.41) is 5.97. The molecule has 1 rings (SSSR count). The molecule has 0 aliphatic heterocycles. The van der Waals surface area contributed by atoms with Crippen LogP contribution in [0.4, 0.5) is 0 Å². The number of thioether (sulfide) groups is 1. The summed E-state index contributed by atoms with van der Waals surface area (Å²) in [7, 11) is 0. The lowest BCUT2D eigenvalue weighted by molar-refractivity contribution is -0.123. The molecule has 0 bridgehead atoms. The summed E-state index contributed by atoms with van der Waals surface area (Å²) < 4.78 is 0. The highest BCUT2D eigenvalue weighted by molar-refractivity contribution is 7.98. The lowest BCUT2D eigenvalue weighted by Gasteiger charge is -2.18. The summed E-state index contributed by atoms with van der Waals surface area (Å²) in [5.41, 5.74) is 0.386. The van der Waals surface area contributed by atoms with E-state index in [0.717, 1.165) is 12.2 Å². The molecule has 4 nitrogen and oxygen atoms in total. The first-order valence-corrected chi connectivity index (χ1v) is 8.69. The van der Waals surface area contributed by atoms with Crippen LogP contribution in [0.25, 0.3) is 0 Å². The van der Waals surface area contributed by atoms with Crippen LogP contribution in [0.3, 0.4) is 0 Å². The fourth-order valence-electron chi connectivity index (χ4n) is 1.76. The van der Waals surface area contributed by atoms with Crippen molar-refractivity contribution in [2.24, 2.45) is 0 Å². The molecule has 0 aliphatic rings. The van der Waals surface area contributed by atoms with Crippen LogP contribution < -0.4 is 10.6 Å². The van der Waals surface area contributed by atoms with Gasteiger partial charge in [0, 0.05) is 6.54 Å². The third-order valence-electron chi connectivity index (χ3n) is 2.90. The zero-order chi connectivity index (χ0) is 15.7. The van der Waals surface area contributed by atoms with Gasteiger partial charge < -0.3 is 10.6 Å². The number of carbonyl (C=O) groups is 2. The molecule has 0 heterocycles. The van der Waals surface area contributed by atoms with Crippen LogP contribution in [-0.2, 0) is 4.79 Å². The number of hydrogen-bond acceptors (Lipinski definition) is 3. The lowest BCUT2D eigenvalue weighted by atomic mass is 10.1. The predicted octanol–water partition coefficient (Wildman–Crippen LogP) is 2.72. The normalized spacial score (nSPS) is 11.8. The number of nitrogens with one attached hydrogen (secondary N) is 2. The molecule has 21 heavy (non-hydrogen) atoms. The maximum Gasteiger partial charge on any atom is 0.253 e. The van der Waals surface area contributed by atoms with Crippen molar-refractivity contribution in [2.75, 3.05) is 18.6 Å². The second-order valence-electron chi connectivity index (χ2n) is 4.58. The largest absolute Gasteiger partial charge is 0.354 e. The molecule has 1 atom stereocenters. The molecule has 1 aromatic carbocycles.